The van der Waals surface area contributed by atoms with Crippen LogP contribution in [0.2, 0.25) is 0 Å². The number of benzene rings is 1. The van der Waals surface area contributed by atoms with Crippen LogP contribution in [0.3, 0.4) is 0 Å². The maximum Gasteiger partial charge on any atom is 0.255 e. The quantitative estimate of drug-likeness (QED) is 0.638. The number of rotatable bonds is 3. The van der Waals surface area contributed by atoms with Gasteiger partial charge in [0, 0.05) is 50.1 Å². The van der Waals surface area contributed by atoms with Crippen molar-refractivity contribution in [3.05, 3.63) is 23.3 Å². The molecule has 5 aliphatic heterocycles. The molecule has 7 rings (SSSR count). The fraction of sp³-hybridized carbons (Fsp3) is 0.667. The van der Waals surface area contributed by atoms with Crippen LogP contribution in [0.4, 0.5) is 5.69 Å². The second kappa shape index (κ2) is 8.45. The molecule has 9 heteroatoms. The van der Waals surface area contributed by atoms with Crippen LogP contribution in [-0.4, -0.2) is 85.6 Å². The summed E-state index contributed by atoms with van der Waals surface area (Å²) in [7, 11) is 0. The summed E-state index contributed by atoms with van der Waals surface area (Å²) in [5.74, 6) is 0.749. The smallest absolute Gasteiger partial charge is 0.255 e. The Morgan fingerprint density at radius 3 is 2.61 bits per heavy atom. The van der Waals surface area contributed by atoms with Crippen LogP contribution in [-0.2, 0) is 20.9 Å². The van der Waals surface area contributed by atoms with Crippen molar-refractivity contribution >= 4 is 23.4 Å². The number of ether oxygens (including phenoxy) is 2. The summed E-state index contributed by atoms with van der Waals surface area (Å²) in [6.45, 7) is 7.13. The third kappa shape index (κ3) is 3.70. The maximum absolute atomic E-state index is 13.2. The van der Waals surface area contributed by atoms with Crippen molar-refractivity contribution in [2.24, 2.45) is 11.3 Å². The molecule has 1 aliphatic carbocycles. The summed E-state index contributed by atoms with van der Waals surface area (Å²) in [5, 5.41) is 2.37. The Bertz CT molecular complexity index is 1110. The van der Waals surface area contributed by atoms with E-state index in [9.17, 15) is 14.4 Å². The zero-order valence-corrected chi connectivity index (χ0v) is 20.7. The van der Waals surface area contributed by atoms with Gasteiger partial charge in [-0.15, -0.1) is 0 Å². The minimum absolute atomic E-state index is 0.152. The van der Waals surface area contributed by atoms with E-state index in [0.717, 1.165) is 55.8 Å². The van der Waals surface area contributed by atoms with Crippen molar-refractivity contribution < 1.29 is 23.9 Å². The molecule has 4 fully saturated rings. The van der Waals surface area contributed by atoms with E-state index >= 15 is 0 Å². The summed E-state index contributed by atoms with van der Waals surface area (Å²) < 4.78 is 11.7. The van der Waals surface area contributed by atoms with E-state index in [1.807, 2.05) is 6.07 Å². The number of hydrogen-bond acceptors (Lipinski definition) is 7. The Kier molecular flexibility index (Phi) is 5.29. The fourth-order valence-electron chi connectivity index (χ4n) is 7.17. The highest BCUT2D eigenvalue weighted by molar-refractivity contribution is 6.05. The largest absolute Gasteiger partial charge is 0.489 e. The van der Waals surface area contributed by atoms with Gasteiger partial charge >= 0.3 is 0 Å². The molecule has 3 amide bonds. The standard InChI is InChI=1S/C27H34N4O5/c32-24-2-1-21(25(33)28-24)31-12-18-9-22-23(10-20(18)26(31)34)36-14-19-13-29(7-8-30(19)22)11-17-3-5-27(6-4-17)15-35-16-27/h9-10,17,19,21H,1-8,11-16H2,(H,28,32,33)/t19-,21-/m0/s1. The van der Waals surface area contributed by atoms with Crippen molar-refractivity contribution in [3.8, 4) is 5.75 Å². The van der Waals surface area contributed by atoms with Gasteiger partial charge in [-0.25, -0.2) is 0 Å². The Labute approximate surface area is 211 Å². The molecule has 192 valence electrons. The maximum atomic E-state index is 13.2. The first-order chi connectivity index (χ1) is 17.5. The fourth-order valence-corrected chi connectivity index (χ4v) is 7.17. The number of hydrogen-bond donors (Lipinski definition) is 1. The molecule has 1 saturated carbocycles. The summed E-state index contributed by atoms with van der Waals surface area (Å²) >= 11 is 0. The van der Waals surface area contributed by atoms with Crippen molar-refractivity contribution in [2.45, 2.75) is 57.2 Å². The van der Waals surface area contributed by atoms with Gasteiger partial charge in [0.15, 0.2) is 0 Å². The first-order valence-corrected chi connectivity index (χ1v) is 13.5. The van der Waals surface area contributed by atoms with E-state index < -0.39 is 6.04 Å². The molecule has 2 atom stereocenters. The van der Waals surface area contributed by atoms with Gasteiger partial charge in [-0.3, -0.25) is 24.6 Å². The van der Waals surface area contributed by atoms with E-state index in [1.54, 1.807) is 4.90 Å². The predicted molar refractivity (Wildman–Crippen MR) is 131 cm³/mol. The molecule has 36 heavy (non-hydrogen) atoms. The second-order valence-electron chi connectivity index (χ2n) is 11.7. The number of anilines is 1. The number of carbonyl (C=O) groups is 3. The summed E-state index contributed by atoms with van der Waals surface area (Å²) in [6.07, 6.45) is 5.90. The Hall–Kier alpha value is -2.65. The van der Waals surface area contributed by atoms with Crippen molar-refractivity contribution in [3.63, 3.8) is 0 Å². The number of piperidine rings is 1. The number of imide groups is 1. The van der Waals surface area contributed by atoms with Crippen LogP contribution in [0.1, 0.15) is 54.4 Å². The van der Waals surface area contributed by atoms with Crippen LogP contribution >= 0.6 is 0 Å². The summed E-state index contributed by atoms with van der Waals surface area (Å²) in [4.78, 5) is 43.8. The third-order valence-electron chi connectivity index (χ3n) is 9.41. The molecule has 0 radical (unpaired) electrons. The number of piperazine rings is 1. The van der Waals surface area contributed by atoms with E-state index in [-0.39, 0.29) is 24.1 Å². The average molecular weight is 495 g/mol. The van der Waals surface area contributed by atoms with E-state index in [4.69, 9.17) is 9.47 Å². The van der Waals surface area contributed by atoms with Gasteiger partial charge in [-0.2, -0.15) is 0 Å². The molecule has 1 spiro atoms. The summed E-state index contributed by atoms with van der Waals surface area (Å²) in [5.41, 5.74) is 3.12. The van der Waals surface area contributed by atoms with E-state index in [2.05, 4.69) is 21.2 Å². The Morgan fingerprint density at radius 1 is 1.03 bits per heavy atom. The van der Waals surface area contributed by atoms with Crippen LogP contribution in [0, 0.1) is 11.3 Å². The first kappa shape index (κ1) is 22.5. The lowest BCUT2D eigenvalue weighted by Gasteiger charge is -2.49. The lowest BCUT2D eigenvalue weighted by atomic mass is 9.69. The molecule has 0 unspecified atom stereocenters. The predicted octanol–water partition coefficient (Wildman–Crippen LogP) is 1.54. The lowest BCUT2D eigenvalue weighted by molar-refractivity contribution is -0.137. The van der Waals surface area contributed by atoms with Crippen molar-refractivity contribution in [2.75, 3.05) is 50.9 Å². The molecule has 6 aliphatic rings. The van der Waals surface area contributed by atoms with Gasteiger partial charge in [-0.1, -0.05) is 0 Å². The van der Waals surface area contributed by atoms with E-state index in [1.165, 1.54) is 32.2 Å². The zero-order chi connectivity index (χ0) is 24.4. The molecule has 0 bridgehead atoms. The number of amides is 3. The van der Waals surface area contributed by atoms with Gasteiger partial charge in [0.1, 0.15) is 18.4 Å². The number of nitrogens with one attached hydrogen (secondary N) is 1. The minimum Gasteiger partial charge on any atom is -0.489 e. The van der Waals surface area contributed by atoms with Crippen molar-refractivity contribution in [1.29, 1.82) is 0 Å². The Morgan fingerprint density at radius 2 is 1.86 bits per heavy atom. The molecule has 1 aromatic rings. The van der Waals surface area contributed by atoms with Gasteiger partial charge in [0.2, 0.25) is 11.8 Å². The zero-order valence-electron chi connectivity index (χ0n) is 20.7. The van der Waals surface area contributed by atoms with Gasteiger partial charge in [0.05, 0.1) is 24.9 Å². The van der Waals surface area contributed by atoms with Crippen LogP contribution < -0.4 is 15.0 Å². The Balaban J connectivity index is 1.02. The molecular weight excluding hydrogens is 460 g/mol. The molecule has 3 saturated heterocycles. The molecule has 1 aromatic carbocycles. The monoisotopic (exact) mass is 494 g/mol. The van der Waals surface area contributed by atoms with Gasteiger partial charge < -0.3 is 19.3 Å². The third-order valence-corrected chi connectivity index (χ3v) is 9.41. The lowest BCUT2D eigenvalue weighted by Crippen LogP contribution is -2.58. The minimum atomic E-state index is -0.594. The number of carbonyl (C=O) groups excluding carboxylic acids is 3. The molecule has 1 N–H and O–H groups in total. The van der Waals surface area contributed by atoms with E-state index in [0.29, 0.717) is 36.6 Å². The molecule has 0 aromatic heterocycles. The van der Waals surface area contributed by atoms with Crippen LogP contribution in [0.5, 0.6) is 5.75 Å². The number of nitrogens with zero attached hydrogens (tertiary/aromatic N) is 3. The van der Waals surface area contributed by atoms with Gasteiger partial charge in [0.25, 0.3) is 5.91 Å². The highest BCUT2D eigenvalue weighted by Gasteiger charge is 2.43. The van der Waals surface area contributed by atoms with Crippen molar-refractivity contribution in [1.82, 2.24) is 15.1 Å². The number of fused-ring (bicyclic) bond motifs is 4. The topological polar surface area (TPSA) is 91.4 Å². The van der Waals surface area contributed by atoms with Gasteiger partial charge in [-0.05, 0) is 55.7 Å². The highest BCUT2D eigenvalue weighted by atomic mass is 16.5. The SMILES string of the molecule is O=C1CC[C@H](N2Cc3cc4c(cc3C2=O)OC[C@@H]2CN(CC3CCC5(CC3)COC5)CCN42)C(=O)N1. The highest BCUT2D eigenvalue weighted by Crippen LogP contribution is 2.45. The molecule has 9 nitrogen and oxygen atoms in total. The van der Waals surface area contributed by atoms with Crippen LogP contribution in [0.25, 0.3) is 0 Å². The molecule has 5 heterocycles. The second-order valence-corrected chi connectivity index (χ2v) is 11.7. The van der Waals surface area contributed by atoms with Crippen LogP contribution in [0.15, 0.2) is 12.1 Å². The average Bonchev–Trinajstić information content (AvgIpc) is 3.17. The molecular formula is C27H34N4O5. The summed E-state index contributed by atoms with van der Waals surface area (Å²) in [6, 6.07) is 3.67. The first-order valence-electron chi connectivity index (χ1n) is 13.5. The normalized spacial score (nSPS) is 29.8.